The van der Waals surface area contributed by atoms with E-state index in [2.05, 4.69) is 10.5 Å². The van der Waals surface area contributed by atoms with Crippen molar-refractivity contribution in [3.05, 3.63) is 124 Å². The Labute approximate surface area is 228 Å². The molecule has 5 rings (SSSR count). The topological polar surface area (TPSA) is 84.1 Å². The maximum Gasteiger partial charge on any atom is 0.290 e. The molecule has 198 valence electrons. The summed E-state index contributed by atoms with van der Waals surface area (Å²) in [7, 11) is 1.53. The molecule has 0 radical (unpaired) electrons. The average molecular weight is 522 g/mol. The van der Waals surface area contributed by atoms with Crippen molar-refractivity contribution < 1.29 is 18.7 Å². The number of para-hydroxylation sites is 1. The molecule has 1 heterocycles. The second-order valence-electron chi connectivity index (χ2n) is 9.54. The molecule has 1 aromatic heterocycles. The predicted octanol–water partition coefficient (Wildman–Crippen LogP) is 5.91. The summed E-state index contributed by atoms with van der Waals surface area (Å²) in [6.07, 6.45) is 2.19. The Hall–Kier alpha value is -4.65. The molecule has 0 fully saturated rings. The molecule has 1 aliphatic rings. The number of furan rings is 1. The van der Waals surface area contributed by atoms with Crippen LogP contribution in [0.1, 0.15) is 61.8 Å². The molecule has 7 nitrogen and oxygen atoms in total. The summed E-state index contributed by atoms with van der Waals surface area (Å²) < 4.78 is 11.5. The molecule has 0 bridgehead atoms. The third-order valence-corrected chi connectivity index (χ3v) is 6.88. The van der Waals surface area contributed by atoms with Gasteiger partial charge in [0.25, 0.3) is 11.8 Å². The van der Waals surface area contributed by atoms with E-state index in [9.17, 15) is 9.59 Å². The first-order chi connectivity index (χ1) is 19.0. The van der Waals surface area contributed by atoms with Crippen molar-refractivity contribution in [1.82, 2.24) is 10.3 Å². The normalized spacial score (nSPS) is 13.5. The number of carbonyl (C=O) groups is 2. The quantitative estimate of drug-likeness (QED) is 0.292. The summed E-state index contributed by atoms with van der Waals surface area (Å²) >= 11 is 0. The smallest absolute Gasteiger partial charge is 0.290 e. The molecule has 1 aliphatic carbocycles. The summed E-state index contributed by atoms with van der Waals surface area (Å²) in [6.45, 7) is 2.80. The van der Waals surface area contributed by atoms with Crippen molar-refractivity contribution in [2.75, 3.05) is 7.11 Å². The minimum atomic E-state index is -0.360. The Morgan fingerprint density at radius 1 is 0.897 bits per heavy atom. The molecule has 39 heavy (non-hydrogen) atoms. The first-order valence-electron chi connectivity index (χ1n) is 13.0. The van der Waals surface area contributed by atoms with E-state index in [0.29, 0.717) is 48.7 Å². The lowest BCUT2D eigenvalue weighted by molar-refractivity contribution is 0.0694. The minimum Gasteiger partial charge on any atom is -0.496 e. The Bertz CT molecular complexity index is 1450. The number of rotatable bonds is 8. The maximum absolute atomic E-state index is 13.9. The fraction of sp³-hybridized carbons (Fsp3) is 0.219. The number of hydrazone groups is 1. The molecule has 4 aromatic rings. The van der Waals surface area contributed by atoms with Crippen LogP contribution in [0.5, 0.6) is 5.75 Å². The van der Waals surface area contributed by atoms with Crippen molar-refractivity contribution in [2.24, 2.45) is 5.10 Å². The molecule has 0 saturated heterocycles. The average Bonchev–Trinajstić information content (AvgIpc) is 3.33. The third kappa shape index (κ3) is 5.77. The van der Waals surface area contributed by atoms with Crippen LogP contribution in [0.25, 0.3) is 0 Å². The van der Waals surface area contributed by atoms with Crippen molar-refractivity contribution >= 4 is 17.5 Å². The molecule has 0 aliphatic heterocycles. The number of nitrogens with zero attached hydrogens (tertiary/aromatic N) is 2. The molecule has 7 heteroatoms. The van der Waals surface area contributed by atoms with Crippen LogP contribution >= 0.6 is 0 Å². The van der Waals surface area contributed by atoms with E-state index in [4.69, 9.17) is 9.15 Å². The van der Waals surface area contributed by atoms with Crippen molar-refractivity contribution in [3.63, 3.8) is 0 Å². The second-order valence-corrected chi connectivity index (χ2v) is 9.54. The molecular formula is C32H31N3O4. The van der Waals surface area contributed by atoms with E-state index >= 15 is 0 Å². The van der Waals surface area contributed by atoms with E-state index in [1.165, 1.54) is 7.11 Å². The SMILES string of the molecule is COc1ccccc1C(=O)N/N=C1\CCCc2oc(C(=O)N(Cc3ccccc3)Cc3ccccc3)c(C)c21. The van der Waals surface area contributed by atoms with Crippen LogP contribution in [-0.2, 0) is 19.5 Å². The highest BCUT2D eigenvalue weighted by Gasteiger charge is 2.30. The number of hydrogen-bond donors (Lipinski definition) is 1. The lowest BCUT2D eigenvalue weighted by atomic mass is 9.93. The van der Waals surface area contributed by atoms with Gasteiger partial charge in [-0.15, -0.1) is 0 Å². The van der Waals surface area contributed by atoms with Crippen molar-refractivity contribution in [1.29, 1.82) is 0 Å². The third-order valence-electron chi connectivity index (χ3n) is 6.88. The standard InChI is InChI=1S/C32H31N3O4/c1-22-29-26(33-34-31(36)25-16-9-10-18-27(25)38-2)17-11-19-28(29)39-30(22)32(37)35(20-23-12-5-3-6-13-23)21-24-14-7-4-8-15-24/h3-10,12-16,18H,11,17,19-21H2,1-2H3,(H,34,36)/b33-26+. The Balaban J connectivity index is 1.43. The van der Waals surface area contributed by atoms with Crippen molar-refractivity contribution in [3.8, 4) is 5.75 Å². The second kappa shape index (κ2) is 11.8. The highest BCUT2D eigenvalue weighted by Crippen LogP contribution is 2.31. The number of carbonyl (C=O) groups excluding carboxylic acids is 2. The summed E-state index contributed by atoms with van der Waals surface area (Å²) in [5, 5.41) is 4.47. The number of fused-ring (bicyclic) bond motifs is 1. The summed E-state index contributed by atoms with van der Waals surface area (Å²) in [5.41, 5.74) is 7.41. The number of methoxy groups -OCH3 is 1. The largest absolute Gasteiger partial charge is 0.496 e. The van der Waals surface area contributed by atoms with Gasteiger partial charge < -0.3 is 14.1 Å². The van der Waals surface area contributed by atoms with Gasteiger partial charge in [-0.25, -0.2) is 5.43 Å². The summed E-state index contributed by atoms with van der Waals surface area (Å²) in [5.74, 6) is 0.988. The maximum atomic E-state index is 13.9. The van der Waals surface area contributed by atoms with Gasteiger partial charge in [-0.1, -0.05) is 72.8 Å². The van der Waals surface area contributed by atoms with Crippen LogP contribution in [0, 0.1) is 6.92 Å². The molecule has 0 atom stereocenters. The van der Waals surface area contributed by atoms with E-state index in [0.717, 1.165) is 34.4 Å². The van der Waals surface area contributed by atoms with Gasteiger partial charge in [0.1, 0.15) is 11.5 Å². The monoisotopic (exact) mass is 521 g/mol. The fourth-order valence-corrected chi connectivity index (χ4v) is 4.95. The van der Waals surface area contributed by atoms with Gasteiger partial charge >= 0.3 is 0 Å². The van der Waals surface area contributed by atoms with Crippen LogP contribution in [-0.4, -0.2) is 29.5 Å². The molecule has 0 unspecified atom stereocenters. The number of ether oxygens (including phenoxy) is 1. The Kier molecular flexibility index (Phi) is 7.87. The lowest BCUT2D eigenvalue weighted by Crippen LogP contribution is -2.30. The zero-order chi connectivity index (χ0) is 27.2. The number of hydrogen-bond acceptors (Lipinski definition) is 5. The van der Waals surface area contributed by atoms with Gasteiger partial charge in [0.15, 0.2) is 5.76 Å². The van der Waals surface area contributed by atoms with Crippen LogP contribution in [0.15, 0.2) is 94.4 Å². The molecule has 2 amide bonds. The van der Waals surface area contributed by atoms with Gasteiger partial charge in [0.2, 0.25) is 0 Å². The number of nitrogens with one attached hydrogen (secondary N) is 1. The molecule has 1 N–H and O–H groups in total. The number of aryl methyl sites for hydroxylation is 1. The predicted molar refractivity (Wildman–Crippen MR) is 150 cm³/mol. The summed E-state index contributed by atoms with van der Waals surface area (Å²) in [4.78, 5) is 28.6. The highest BCUT2D eigenvalue weighted by atomic mass is 16.5. The van der Waals surface area contributed by atoms with Gasteiger partial charge in [-0.3, -0.25) is 9.59 Å². The van der Waals surface area contributed by atoms with Crippen molar-refractivity contribution in [2.45, 2.75) is 39.3 Å². The van der Waals surface area contributed by atoms with E-state index < -0.39 is 0 Å². The van der Waals surface area contributed by atoms with Crippen LogP contribution in [0.4, 0.5) is 0 Å². The Morgan fingerprint density at radius 2 is 1.51 bits per heavy atom. The molecule has 0 saturated carbocycles. The fourth-order valence-electron chi connectivity index (χ4n) is 4.95. The number of benzene rings is 3. The molecular weight excluding hydrogens is 490 g/mol. The van der Waals surface area contributed by atoms with Crippen LogP contribution < -0.4 is 10.2 Å². The zero-order valence-corrected chi connectivity index (χ0v) is 22.1. The van der Waals surface area contributed by atoms with Crippen LogP contribution in [0.3, 0.4) is 0 Å². The van der Waals surface area contributed by atoms with Gasteiger partial charge in [0.05, 0.1) is 18.4 Å². The zero-order valence-electron chi connectivity index (χ0n) is 22.1. The van der Waals surface area contributed by atoms with Gasteiger partial charge in [0, 0.05) is 30.6 Å². The Morgan fingerprint density at radius 3 is 2.15 bits per heavy atom. The number of amides is 2. The van der Waals surface area contributed by atoms with Gasteiger partial charge in [-0.2, -0.15) is 5.10 Å². The first kappa shape index (κ1) is 26.0. The van der Waals surface area contributed by atoms with E-state index in [1.54, 1.807) is 24.3 Å². The molecule has 0 spiro atoms. The van der Waals surface area contributed by atoms with E-state index in [-0.39, 0.29) is 11.8 Å². The first-order valence-corrected chi connectivity index (χ1v) is 13.0. The lowest BCUT2D eigenvalue weighted by Gasteiger charge is -2.22. The van der Waals surface area contributed by atoms with Gasteiger partial charge in [-0.05, 0) is 43.0 Å². The highest BCUT2D eigenvalue weighted by molar-refractivity contribution is 6.07. The molecule has 3 aromatic carbocycles. The summed E-state index contributed by atoms with van der Waals surface area (Å²) in [6, 6.07) is 26.9. The van der Waals surface area contributed by atoms with E-state index in [1.807, 2.05) is 72.5 Å². The van der Waals surface area contributed by atoms with Crippen LogP contribution in [0.2, 0.25) is 0 Å². The minimum absolute atomic E-state index is 0.174.